The summed E-state index contributed by atoms with van der Waals surface area (Å²) in [6.45, 7) is 1.16. The summed E-state index contributed by atoms with van der Waals surface area (Å²) in [7, 11) is 0. The minimum Gasteiger partial charge on any atom is -0.339 e. The van der Waals surface area contributed by atoms with Crippen LogP contribution in [-0.4, -0.2) is 41.0 Å². The van der Waals surface area contributed by atoms with Crippen LogP contribution in [0.1, 0.15) is 28.9 Å². The molecular weight excluding hydrogens is 316 g/mol. The second-order valence-corrected chi connectivity index (χ2v) is 5.92. The molecule has 3 rings (SSSR count). The maximum Gasteiger partial charge on any atom is 0.253 e. The number of aromatic nitrogens is 1. The van der Waals surface area contributed by atoms with Crippen molar-refractivity contribution in [3.05, 3.63) is 66.0 Å². The molecule has 1 N–H and O–H groups in total. The van der Waals surface area contributed by atoms with E-state index in [-0.39, 0.29) is 17.7 Å². The van der Waals surface area contributed by atoms with Crippen LogP contribution in [0.2, 0.25) is 0 Å². The molecule has 1 fully saturated rings. The number of carbonyl (C=O) groups excluding carboxylic acids is 2. The Bertz CT molecular complexity index is 739. The number of benzene rings is 1. The normalized spacial score (nSPS) is 15.3. The van der Waals surface area contributed by atoms with Crippen LogP contribution >= 0.6 is 0 Å². The molecule has 6 nitrogen and oxygen atoms in total. The maximum absolute atomic E-state index is 12.4. The Labute approximate surface area is 146 Å². The molecule has 1 aliphatic heterocycles. The molecule has 6 heteroatoms. The molecule has 0 spiro atoms. The lowest BCUT2D eigenvalue weighted by Gasteiger charge is -2.31. The van der Waals surface area contributed by atoms with Gasteiger partial charge in [0.2, 0.25) is 5.91 Å². The molecule has 0 radical (unpaired) electrons. The third kappa shape index (κ3) is 4.50. The molecule has 0 unspecified atom stereocenters. The first-order valence-electron chi connectivity index (χ1n) is 8.32. The van der Waals surface area contributed by atoms with Gasteiger partial charge in [-0.3, -0.25) is 14.6 Å². The lowest BCUT2D eigenvalue weighted by Crippen LogP contribution is -2.42. The number of amides is 2. The van der Waals surface area contributed by atoms with Gasteiger partial charge in [0.1, 0.15) is 0 Å². The molecule has 0 bridgehead atoms. The zero-order valence-corrected chi connectivity index (χ0v) is 13.8. The van der Waals surface area contributed by atoms with E-state index in [4.69, 9.17) is 0 Å². The molecule has 2 amide bonds. The predicted octanol–water partition coefficient (Wildman–Crippen LogP) is 2.08. The Hall–Kier alpha value is -3.02. The highest BCUT2D eigenvalue weighted by molar-refractivity contribution is 5.94. The van der Waals surface area contributed by atoms with E-state index in [1.807, 2.05) is 48.5 Å². The lowest BCUT2D eigenvalue weighted by molar-refractivity contribution is -0.126. The lowest BCUT2D eigenvalue weighted by atomic mass is 9.95. The van der Waals surface area contributed by atoms with Crippen molar-refractivity contribution in [1.29, 1.82) is 0 Å². The third-order valence-electron chi connectivity index (χ3n) is 4.23. The largest absolute Gasteiger partial charge is 0.339 e. The van der Waals surface area contributed by atoms with Crippen LogP contribution in [0, 0.1) is 5.92 Å². The highest BCUT2D eigenvalue weighted by Crippen LogP contribution is 2.19. The summed E-state index contributed by atoms with van der Waals surface area (Å²) in [5.41, 5.74) is 3.94. The molecule has 1 saturated heterocycles. The van der Waals surface area contributed by atoms with Crippen LogP contribution in [0.25, 0.3) is 0 Å². The zero-order valence-electron chi connectivity index (χ0n) is 13.8. The summed E-state index contributed by atoms with van der Waals surface area (Å²) >= 11 is 0. The number of hydrogen-bond acceptors (Lipinski definition) is 4. The van der Waals surface area contributed by atoms with Gasteiger partial charge in [0.25, 0.3) is 5.91 Å². The summed E-state index contributed by atoms with van der Waals surface area (Å²) < 4.78 is 0. The number of rotatable bonds is 4. The molecule has 1 aromatic heterocycles. The number of piperidine rings is 1. The van der Waals surface area contributed by atoms with Crippen molar-refractivity contribution >= 4 is 18.0 Å². The maximum atomic E-state index is 12.4. The van der Waals surface area contributed by atoms with E-state index in [1.165, 1.54) is 6.21 Å². The number of hydrogen-bond donors (Lipinski definition) is 1. The Morgan fingerprint density at radius 1 is 1.08 bits per heavy atom. The molecule has 0 saturated carbocycles. The molecule has 0 aliphatic carbocycles. The van der Waals surface area contributed by atoms with Crippen molar-refractivity contribution in [3.63, 3.8) is 0 Å². The second kappa shape index (κ2) is 8.19. The van der Waals surface area contributed by atoms with Crippen LogP contribution in [-0.2, 0) is 4.79 Å². The van der Waals surface area contributed by atoms with Crippen LogP contribution < -0.4 is 5.43 Å². The highest BCUT2D eigenvalue weighted by atomic mass is 16.2. The Balaban J connectivity index is 1.48. The van der Waals surface area contributed by atoms with Gasteiger partial charge in [-0.2, -0.15) is 5.10 Å². The first-order valence-corrected chi connectivity index (χ1v) is 8.32. The summed E-state index contributed by atoms with van der Waals surface area (Å²) in [4.78, 5) is 30.5. The van der Waals surface area contributed by atoms with Gasteiger partial charge in [-0.25, -0.2) is 5.43 Å². The van der Waals surface area contributed by atoms with Gasteiger partial charge < -0.3 is 4.90 Å². The van der Waals surface area contributed by atoms with Crippen molar-refractivity contribution in [2.24, 2.45) is 11.0 Å². The highest BCUT2D eigenvalue weighted by Gasteiger charge is 2.27. The fourth-order valence-corrected chi connectivity index (χ4v) is 2.81. The van der Waals surface area contributed by atoms with Crippen LogP contribution in [0.15, 0.2) is 59.8 Å². The summed E-state index contributed by atoms with van der Waals surface area (Å²) in [6.07, 6.45) is 4.47. The van der Waals surface area contributed by atoms with Crippen molar-refractivity contribution in [2.45, 2.75) is 12.8 Å². The molecule has 1 aliphatic rings. The topological polar surface area (TPSA) is 74.7 Å². The molecule has 25 heavy (non-hydrogen) atoms. The van der Waals surface area contributed by atoms with E-state index >= 15 is 0 Å². The molecule has 128 valence electrons. The van der Waals surface area contributed by atoms with Gasteiger partial charge in [-0.1, -0.05) is 24.3 Å². The SMILES string of the molecule is O=C(N/N=C\c1ccccn1)C1CCN(C(=O)c2ccccc2)CC1. The van der Waals surface area contributed by atoms with Gasteiger partial charge in [0.15, 0.2) is 0 Å². The summed E-state index contributed by atoms with van der Waals surface area (Å²) in [6, 6.07) is 14.7. The van der Waals surface area contributed by atoms with E-state index in [9.17, 15) is 9.59 Å². The Morgan fingerprint density at radius 3 is 2.48 bits per heavy atom. The number of nitrogens with zero attached hydrogens (tertiary/aromatic N) is 3. The minimum absolute atomic E-state index is 0.0210. The number of hydrazone groups is 1. The van der Waals surface area contributed by atoms with Gasteiger partial charge >= 0.3 is 0 Å². The Morgan fingerprint density at radius 2 is 1.80 bits per heavy atom. The van der Waals surface area contributed by atoms with E-state index in [0.717, 1.165) is 0 Å². The van der Waals surface area contributed by atoms with Gasteiger partial charge in [-0.05, 0) is 37.1 Å². The van der Waals surface area contributed by atoms with Gasteiger partial charge in [0.05, 0.1) is 11.9 Å². The second-order valence-electron chi connectivity index (χ2n) is 5.92. The molecule has 1 aromatic carbocycles. The van der Waals surface area contributed by atoms with Gasteiger partial charge in [-0.15, -0.1) is 0 Å². The number of nitrogens with one attached hydrogen (secondary N) is 1. The number of carbonyl (C=O) groups is 2. The number of likely N-dealkylation sites (tertiary alicyclic amines) is 1. The van der Waals surface area contributed by atoms with Crippen LogP contribution in [0.5, 0.6) is 0 Å². The summed E-state index contributed by atoms with van der Waals surface area (Å²) in [5.74, 6) is -0.215. The smallest absolute Gasteiger partial charge is 0.253 e. The predicted molar refractivity (Wildman–Crippen MR) is 95.0 cm³/mol. The van der Waals surface area contributed by atoms with Crippen LogP contribution in [0.3, 0.4) is 0 Å². The molecule has 2 aromatic rings. The van der Waals surface area contributed by atoms with E-state index in [1.54, 1.807) is 11.1 Å². The third-order valence-corrected chi connectivity index (χ3v) is 4.23. The zero-order chi connectivity index (χ0) is 17.5. The monoisotopic (exact) mass is 336 g/mol. The average molecular weight is 336 g/mol. The fourth-order valence-electron chi connectivity index (χ4n) is 2.81. The minimum atomic E-state index is -0.124. The number of pyridine rings is 1. The quantitative estimate of drug-likeness (QED) is 0.686. The standard InChI is InChI=1S/C19H20N4O2/c24-18(22-21-14-17-8-4-5-11-20-17)15-9-12-23(13-10-15)19(25)16-6-2-1-3-7-16/h1-8,11,14-15H,9-10,12-13H2,(H,22,24)/b21-14-. The van der Waals surface area contributed by atoms with Crippen molar-refractivity contribution in [2.75, 3.05) is 13.1 Å². The molecule has 2 heterocycles. The first kappa shape index (κ1) is 16.8. The van der Waals surface area contributed by atoms with Crippen molar-refractivity contribution in [3.8, 4) is 0 Å². The van der Waals surface area contributed by atoms with Gasteiger partial charge in [0, 0.05) is 30.8 Å². The van der Waals surface area contributed by atoms with E-state index in [0.29, 0.717) is 37.2 Å². The van der Waals surface area contributed by atoms with Crippen molar-refractivity contribution in [1.82, 2.24) is 15.3 Å². The van der Waals surface area contributed by atoms with Crippen molar-refractivity contribution < 1.29 is 9.59 Å². The first-order chi connectivity index (χ1) is 12.2. The van der Waals surface area contributed by atoms with Crippen LogP contribution in [0.4, 0.5) is 0 Å². The molecular formula is C19H20N4O2. The van der Waals surface area contributed by atoms with E-state index in [2.05, 4.69) is 15.5 Å². The van der Waals surface area contributed by atoms with E-state index < -0.39 is 0 Å². The Kier molecular flexibility index (Phi) is 5.51. The fraction of sp³-hybridized carbons (Fsp3) is 0.263. The molecule has 0 atom stereocenters. The average Bonchev–Trinajstić information content (AvgIpc) is 2.69. The summed E-state index contributed by atoms with van der Waals surface area (Å²) in [5, 5.41) is 3.95.